The molecule has 1 atom stereocenters. The van der Waals surface area contributed by atoms with Gasteiger partial charge >= 0.3 is 0 Å². The molecule has 0 saturated carbocycles. The zero-order valence-corrected chi connectivity index (χ0v) is 7.38. The third-order valence-corrected chi connectivity index (χ3v) is 2.88. The minimum absolute atomic E-state index is 0.234. The van der Waals surface area contributed by atoms with Gasteiger partial charge in [-0.15, -0.1) is 0 Å². The maximum Gasteiger partial charge on any atom is 0.221 e. The Balaban J connectivity index is 1.89. The SMILES string of the molecule is O=C1C[C@H](N2CCCC2)CCN1. The van der Waals surface area contributed by atoms with E-state index in [0.29, 0.717) is 6.04 Å². The Kier molecular flexibility index (Phi) is 2.30. The molecule has 68 valence electrons. The van der Waals surface area contributed by atoms with E-state index in [1.165, 1.54) is 25.9 Å². The van der Waals surface area contributed by atoms with Gasteiger partial charge in [-0.1, -0.05) is 0 Å². The minimum Gasteiger partial charge on any atom is -0.356 e. The smallest absolute Gasteiger partial charge is 0.221 e. The maximum absolute atomic E-state index is 11.1. The average Bonchev–Trinajstić information content (AvgIpc) is 2.56. The first-order chi connectivity index (χ1) is 5.86. The summed E-state index contributed by atoms with van der Waals surface area (Å²) >= 11 is 0. The lowest BCUT2D eigenvalue weighted by molar-refractivity contribution is -0.123. The highest BCUT2D eigenvalue weighted by atomic mass is 16.1. The van der Waals surface area contributed by atoms with E-state index in [0.717, 1.165) is 19.4 Å². The van der Waals surface area contributed by atoms with E-state index in [4.69, 9.17) is 0 Å². The van der Waals surface area contributed by atoms with Crippen molar-refractivity contribution >= 4 is 5.91 Å². The fourth-order valence-corrected chi connectivity index (χ4v) is 2.18. The molecule has 0 aromatic carbocycles. The van der Waals surface area contributed by atoms with Crippen LogP contribution in [0.5, 0.6) is 0 Å². The van der Waals surface area contributed by atoms with Gasteiger partial charge in [-0.2, -0.15) is 0 Å². The number of nitrogens with one attached hydrogen (secondary N) is 1. The molecular weight excluding hydrogens is 152 g/mol. The minimum atomic E-state index is 0.234. The molecule has 0 spiro atoms. The summed E-state index contributed by atoms with van der Waals surface area (Å²) in [6.07, 6.45) is 4.50. The molecule has 0 radical (unpaired) electrons. The molecule has 3 nitrogen and oxygen atoms in total. The predicted molar refractivity (Wildman–Crippen MR) is 46.8 cm³/mol. The van der Waals surface area contributed by atoms with Crippen LogP contribution in [0.1, 0.15) is 25.7 Å². The van der Waals surface area contributed by atoms with Gasteiger partial charge in [0.05, 0.1) is 0 Å². The van der Waals surface area contributed by atoms with Crippen molar-refractivity contribution in [2.75, 3.05) is 19.6 Å². The van der Waals surface area contributed by atoms with Crippen molar-refractivity contribution in [1.82, 2.24) is 10.2 Å². The van der Waals surface area contributed by atoms with Gasteiger partial charge in [0.1, 0.15) is 0 Å². The summed E-state index contributed by atoms with van der Waals surface area (Å²) in [5.41, 5.74) is 0. The number of amides is 1. The van der Waals surface area contributed by atoms with E-state index >= 15 is 0 Å². The van der Waals surface area contributed by atoms with Gasteiger partial charge < -0.3 is 5.32 Å². The largest absolute Gasteiger partial charge is 0.356 e. The Morgan fingerprint density at radius 1 is 1.33 bits per heavy atom. The second kappa shape index (κ2) is 3.44. The molecule has 0 unspecified atom stereocenters. The summed E-state index contributed by atoms with van der Waals surface area (Å²) in [7, 11) is 0. The molecule has 2 fully saturated rings. The van der Waals surface area contributed by atoms with E-state index in [9.17, 15) is 4.79 Å². The molecule has 3 heteroatoms. The molecule has 2 rings (SSSR count). The van der Waals surface area contributed by atoms with Crippen molar-refractivity contribution in [2.24, 2.45) is 0 Å². The average molecular weight is 168 g/mol. The number of rotatable bonds is 1. The van der Waals surface area contributed by atoms with Crippen molar-refractivity contribution in [1.29, 1.82) is 0 Å². The van der Waals surface area contributed by atoms with Crippen molar-refractivity contribution in [3.05, 3.63) is 0 Å². The van der Waals surface area contributed by atoms with Gasteiger partial charge in [0, 0.05) is 19.0 Å². The molecule has 1 N–H and O–H groups in total. The first-order valence-electron chi connectivity index (χ1n) is 4.87. The summed E-state index contributed by atoms with van der Waals surface area (Å²) in [6, 6.07) is 0.543. The van der Waals surface area contributed by atoms with Crippen LogP contribution in [0.3, 0.4) is 0 Å². The molecule has 0 aromatic heterocycles. The fourth-order valence-electron chi connectivity index (χ4n) is 2.18. The molecule has 0 aromatic rings. The number of carbonyl (C=O) groups is 1. The summed E-state index contributed by atoms with van der Waals surface area (Å²) < 4.78 is 0. The third-order valence-electron chi connectivity index (χ3n) is 2.88. The lowest BCUT2D eigenvalue weighted by Gasteiger charge is -2.30. The van der Waals surface area contributed by atoms with Crippen LogP contribution in [0.15, 0.2) is 0 Å². The van der Waals surface area contributed by atoms with Crippen LogP contribution in [-0.4, -0.2) is 36.5 Å². The molecule has 2 aliphatic rings. The van der Waals surface area contributed by atoms with Crippen LogP contribution in [0, 0.1) is 0 Å². The lowest BCUT2D eigenvalue weighted by Crippen LogP contribution is -2.44. The van der Waals surface area contributed by atoms with Gasteiger partial charge in [0.15, 0.2) is 0 Å². The molecule has 2 aliphatic heterocycles. The van der Waals surface area contributed by atoms with Crippen LogP contribution in [0.25, 0.3) is 0 Å². The summed E-state index contributed by atoms with van der Waals surface area (Å²) in [5, 5.41) is 2.87. The second-order valence-corrected chi connectivity index (χ2v) is 3.74. The molecule has 1 amide bonds. The Hall–Kier alpha value is -0.570. The summed E-state index contributed by atoms with van der Waals surface area (Å²) in [6.45, 7) is 3.29. The molecular formula is C9H16N2O. The summed E-state index contributed by atoms with van der Waals surface area (Å²) in [4.78, 5) is 13.6. The second-order valence-electron chi connectivity index (χ2n) is 3.74. The van der Waals surface area contributed by atoms with Gasteiger partial charge in [0.2, 0.25) is 5.91 Å². The van der Waals surface area contributed by atoms with Gasteiger partial charge in [0.25, 0.3) is 0 Å². The molecule has 2 saturated heterocycles. The van der Waals surface area contributed by atoms with E-state index in [1.807, 2.05) is 0 Å². The van der Waals surface area contributed by atoms with Crippen molar-refractivity contribution in [3.8, 4) is 0 Å². The van der Waals surface area contributed by atoms with E-state index < -0.39 is 0 Å². The predicted octanol–water partition coefficient (Wildman–Crippen LogP) is 0.361. The van der Waals surface area contributed by atoms with Crippen LogP contribution < -0.4 is 5.32 Å². The van der Waals surface area contributed by atoms with Gasteiger partial charge in [-0.3, -0.25) is 9.69 Å². The van der Waals surface area contributed by atoms with E-state index in [-0.39, 0.29) is 5.91 Å². The highest BCUT2D eigenvalue weighted by Gasteiger charge is 2.26. The number of hydrogen-bond acceptors (Lipinski definition) is 2. The monoisotopic (exact) mass is 168 g/mol. The quantitative estimate of drug-likeness (QED) is 0.613. The number of hydrogen-bond donors (Lipinski definition) is 1. The van der Waals surface area contributed by atoms with Crippen LogP contribution >= 0.6 is 0 Å². The van der Waals surface area contributed by atoms with Crippen LogP contribution in [0.4, 0.5) is 0 Å². The third kappa shape index (κ3) is 1.61. The van der Waals surface area contributed by atoms with E-state index in [1.54, 1.807) is 0 Å². The first-order valence-corrected chi connectivity index (χ1v) is 4.87. The standard InChI is InChI=1S/C9H16N2O/c12-9-7-8(3-4-10-9)11-5-1-2-6-11/h8H,1-7H2,(H,10,12)/t8-/m1/s1. The van der Waals surface area contributed by atoms with Crippen molar-refractivity contribution < 1.29 is 4.79 Å². The molecule has 12 heavy (non-hydrogen) atoms. The first kappa shape index (κ1) is 8.05. The zero-order chi connectivity index (χ0) is 8.39. The fraction of sp³-hybridized carbons (Fsp3) is 0.889. The lowest BCUT2D eigenvalue weighted by atomic mass is 10.1. The highest BCUT2D eigenvalue weighted by molar-refractivity contribution is 5.77. The number of carbonyl (C=O) groups excluding carboxylic acids is 1. The topological polar surface area (TPSA) is 32.3 Å². The number of nitrogens with zero attached hydrogens (tertiary/aromatic N) is 1. The normalized spacial score (nSPS) is 32.0. The molecule has 2 heterocycles. The van der Waals surface area contributed by atoms with E-state index in [2.05, 4.69) is 10.2 Å². The molecule has 0 aliphatic carbocycles. The van der Waals surface area contributed by atoms with Gasteiger partial charge in [-0.25, -0.2) is 0 Å². The van der Waals surface area contributed by atoms with Crippen LogP contribution in [0.2, 0.25) is 0 Å². The number of likely N-dealkylation sites (tertiary alicyclic amines) is 1. The Bertz CT molecular complexity index is 175. The summed E-state index contributed by atoms with van der Waals surface area (Å²) in [5.74, 6) is 0.234. The maximum atomic E-state index is 11.1. The Labute approximate surface area is 73.1 Å². The van der Waals surface area contributed by atoms with Crippen LogP contribution in [-0.2, 0) is 4.79 Å². The van der Waals surface area contributed by atoms with Crippen molar-refractivity contribution in [3.63, 3.8) is 0 Å². The van der Waals surface area contributed by atoms with Crippen molar-refractivity contribution in [2.45, 2.75) is 31.7 Å². The number of piperidine rings is 1. The highest BCUT2D eigenvalue weighted by Crippen LogP contribution is 2.18. The Morgan fingerprint density at radius 2 is 2.08 bits per heavy atom. The van der Waals surface area contributed by atoms with Gasteiger partial charge in [-0.05, 0) is 32.4 Å². The Morgan fingerprint density at radius 3 is 2.75 bits per heavy atom. The zero-order valence-electron chi connectivity index (χ0n) is 7.38. The molecule has 0 bridgehead atoms.